The molecule has 0 radical (unpaired) electrons. The predicted octanol–water partition coefficient (Wildman–Crippen LogP) is 3.56. The van der Waals surface area contributed by atoms with E-state index in [9.17, 15) is 9.18 Å². The average Bonchev–Trinajstić information content (AvgIpc) is 3.14. The number of rotatable bonds is 5. The van der Waals surface area contributed by atoms with Gasteiger partial charge in [-0.2, -0.15) is 4.98 Å². The number of esters is 1. The second-order valence-corrected chi connectivity index (χ2v) is 6.27. The van der Waals surface area contributed by atoms with Gasteiger partial charge in [0.2, 0.25) is 5.82 Å². The number of nitrogens with zero attached hydrogens (tertiary/aromatic N) is 4. The van der Waals surface area contributed by atoms with Gasteiger partial charge in [0.25, 0.3) is 5.89 Å². The van der Waals surface area contributed by atoms with E-state index in [0.717, 1.165) is 5.82 Å². The Labute approximate surface area is 155 Å². The fourth-order valence-electron chi connectivity index (χ4n) is 2.30. The van der Waals surface area contributed by atoms with Gasteiger partial charge in [0.1, 0.15) is 11.6 Å². The molecule has 0 bridgehead atoms. The number of hydrogen-bond acceptors (Lipinski definition) is 7. The van der Waals surface area contributed by atoms with Crippen LogP contribution in [0.25, 0.3) is 11.4 Å². The Morgan fingerprint density at radius 2 is 2.04 bits per heavy atom. The third kappa shape index (κ3) is 4.11. The maximum Gasteiger partial charge on any atom is 0.340 e. The van der Waals surface area contributed by atoms with Crippen LogP contribution in [-0.2, 0) is 4.74 Å². The Balaban J connectivity index is 1.71. The van der Waals surface area contributed by atoms with E-state index >= 15 is 0 Å². The third-order valence-electron chi connectivity index (χ3n) is 3.95. The normalized spacial score (nSPS) is 11.9. The Hall–Kier alpha value is -3.29. The molecule has 27 heavy (non-hydrogen) atoms. The summed E-state index contributed by atoms with van der Waals surface area (Å²) in [6.45, 7) is 3.29. The Morgan fingerprint density at radius 1 is 1.26 bits per heavy atom. The van der Waals surface area contributed by atoms with Crippen molar-refractivity contribution in [2.45, 2.75) is 20.0 Å². The minimum Gasteiger partial charge on any atom is -0.449 e. The fourth-order valence-corrected chi connectivity index (χ4v) is 2.30. The van der Waals surface area contributed by atoms with Crippen LogP contribution in [0.2, 0.25) is 0 Å². The van der Waals surface area contributed by atoms with E-state index in [4.69, 9.17) is 9.26 Å². The highest BCUT2D eigenvalue weighted by atomic mass is 19.1. The molecule has 0 amide bonds. The molecule has 1 aromatic carbocycles. The summed E-state index contributed by atoms with van der Waals surface area (Å²) in [5.41, 5.74) is 1.32. The van der Waals surface area contributed by atoms with Crippen LogP contribution in [0.1, 0.15) is 34.8 Å². The first kappa shape index (κ1) is 18.5. The van der Waals surface area contributed by atoms with Crippen molar-refractivity contribution in [3.63, 3.8) is 0 Å². The van der Waals surface area contributed by atoms with Crippen molar-refractivity contribution < 1.29 is 18.4 Å². The second-order valence-electron chi connectivity index (χ2n) is 6.27. The quantitative estimate of drug-likeness (QED) is 0.635. The first-order valence-corrected chi connectivity index (χ1v) is 8.29. The number of benzene rings is 1. The van der Waals surface area contributed by atoms with E-state index in [1.54, 1.807) is 38.1 Å². The van der Waals surface area contributed by atoms with E-state index < -0.39 is 12.1 Å². The highest BCUT2D eigenvalue weighted by Gasteiger charge is 2.21. The molecule has 0 saturated carbocycles. The van der Waals surface area contributed by atoms with Crippen LogP contribution in [-0.4, -0.2) is 35.2 Å². The summed E-state index contributed by atoms with van der Waals surface area (Å²) in [7, 11) is 3.71. The molecule has 3 rings (SSSR count). The van der Waals surface area contributed by atoms with Crippen molar-refractivity contribution in [2.75, 3.05) is 19.0 Å². The molecular formula is C19H19FN4O3. The lowest BCUT2D eigenvalue weighted by Gasteiger charge is -2.12. The molecule has 3 aromatic rings. The first-order chi connectivity index (χ1) is 12.8. The highest BCUT2D eigenvalue weighted by molar-refractivity contribution is 5.89. The summed E-state index contributed by atoms with van der Waals surface area (Å²) in [4.78, 5) is 22.4. The van der Waals surface area contributed by atoms with Gasteiger partial charge in [0.05, 0.1) is 5.56 Å². The zero-order valence-corrected chi connectivity index (χ0v) is 15.4. The number of halogens is 1. The zero-order valence-electron chi connectivity index (χ0n) is 15.4. The highest BCUT2D eigenvalue weighted by Crippen LogP contribution is 2.23. The summed E-state index contributed by atoms with van der Waals surface area (Å²) in [6, 6.07) is 8.01. The molecule has 140 valence electrons. The van der Waals surface area contributed by atoms with E-state index in [1.165, 1.54) is 12.3 Å². The van der Waals surface area contributed by atoms with Crippen molar-refractivity contribution in [3.8, 4) is 11.4 Å². The van der Waals surface area contributed by atoms with E-state index in [0.29, 0.717) is 16.7 Å². The Bertz CT molecular complexity index is 954. The number of carbonyl (C=O) groups excluding carboxylic acids is 1. The number of carbonyl (C=O) groups is 1. The summed E-state index contributed by atoms with van der Waals surface area (Å²) < 4.78 is 24.2. The molecule has 0 N–H and O–H groups in total. The smallest absolute Gasteiger partial charge is 0.340 e. The third-order valence-corrected chi connectivity index (χ3v) is 3.95. The molecule has 2 heterocycles. The maximum atomic E-state index is 13.7. The van der Waals surface area contributed by atoms with Crippen LogP contribution in [0.3, 0.4) is 0 Å². The monoisotopic (exact) mass is 370 g/mol. The molecule has 0 saturated heterocycles. The van der Waals surface area contributed by atoms with E-state index in [-0.39, 0.29) is 17.5 Å². The number of hydrogen-bond donors (Lipinski definition) is 0. The number of pyridine rings is 1. The van der Waals surface area contributed by atoms with Crippen LogP contribution >= 0.6 is 0 Å². The zero-order chi connectivity index (χ0) is 19.6. The van der Waals surface area contributed by atoms with Crippen LogP contribution in [0.5, 0.6) is 0 Å². The average molecular weight is 370 g/mol. The van der Waals surface area contributed by atoms with Gasteiger partial charge < -0.3 is 14.2 Å². The summed E-state index contributed by atoms with van der Waals surface area (Å²) in [6.07, 6.45) is 0.682. The summed E-state index contributed by atoms with van der Waals surface area (Å²) in [5, 5.41) is 3.83. The Kier molecular flexibility index (Phi) is 5.16. The van der Waals surface area contributed by atoms with Gasteiger partial charge in [0.15, 0.2) is 6.10 Å². The van der Waals surface area contributed by atoms with Gasteiger partial charge in [-0.3, -0.25) is 0 Å². The van der Waals surface area contributed by atoms with Crippen molar-refractivity contribution in [1.82, 2.24) is 15.1 Å². The van der Waals surface area contributed by atoms with Crippen LogP contribution in [0.4, 0.5) is 10.2 Å². The maximum absolute atomic E-state index is 13.7. The summed E-state index contributed by atoms with van der Waals surface area (Å²) in [5.74, 6) is 0.168. The van der Waals surface area contributed by atoms with E-state index in [2.05, 4.69) is 15.1 Å². The number of anilines is 1. The molecule has 0 spiro atoms. The van der Waals surface area contributed by atoms with E-state index in [1.807, 2.05) is 19.0 Å². The van der Waals surface area contributed by atoms with Crippen molar-refractivity contribution in [3.05, 3.63) is 59.4 Å². The summed E-state index contributed by atoms with van der Waals surface area (Å²) >= 11 is 0. The van der Waals surface area contributed by atoms with Crippen LogP contribution in [0, 0.1) is 12.7 Å². The first-order valence-electron chi connectivity index (χ1n) is 8.29. The van der Waals surface area contributed by atoms with Gasteiger partial charge in [-0.1, -0.05) is 17.3 Å². The van der Waals surface area contributed by atoms with Crippen molar-refractivity contribution >= 4 is 11.8 Å². The fraction of sp³-hybridized carbons (Fsp3) is 0.263. The van der Waals surface area contributed by atoms with Gasteiger partial charge >= 0.3 is 5.97 Å². The topological polar surface area (TPSA) is 81.4 Å². The lowest BCUT2D eigenvalue weighted by atomic mass is 10.1. The number of aromatic nitrogens is 3. The molecule has 0 fully saturated rings. The molecular weight excluding hydrogens is 351 g/mol. The molecule has 8 heteroatoms. The molecule has 1 unspecified atom stereocenters. The van der Waals surface area contributed by atoms with Crippen molar-refractivity contribution in [2.24, 2.45) is 0 Å². The van der Waals surface area contributed by atoms with Crippen LogP contribution in [0.15, 0.2) is 41.1 Å². The minimum atomic E-state index is -0.762. The molecule has 2 aromatic heterocycles. The Morgan fingerprint density at radius 3 is 2.67 bits per heavy atom. The standard InChI is InChI=1S/C19H19FN4O3/c1-11-5-6-13(9-15(11)20)17-22-18(27-23-17)12(2)26-19(25)14-7-8-16(21-10-14)24(3)4/h5-10,12H,1-4H3. The second kappa shape index (κ2) is 7.53. The SMILES string of the molecule is Cc1ccc(-c2noc(C(C)OC(=O)c3ccc(N(C)C)nc3)n2)cc1F. The van der Waals surface area contributed by atoms with Crippen molar-refractivity contribution in [1.29, 1.82) is 0 Å². The molecule has 1 atom stereocenters. The molecule has 0 aliphatic rings. The lowest BCUT2D eigenvalue weighted by molar-refractivity contribution is 0.0265. The largest absolute Gasteiger partial charge is 0.449 e. The number of aryl methyl sites for hydroxylation is 1. The van der Waals surface area contributed by atoms with Gasteiger partial charge in [-0.15, -0.1) is 0 Å². The minimum absolute atomic E-state index is 0.122. The molecule has 0 aliphatic heterocycles. The predicted molar refractivity (Wildman–Crippen MR) is 96.8 cm³/mol. The van der Waals surface area contributed by atoms with Gasteiger partial charge in [0, 0.05) is 25.9 Å². The van der Waals surface area contributed by atoms with Gasteiger partial charge in [-0.25, -0.2) is 14.2 Å². The molecule has 0 aliphatic carbocycles. The van der Waals surface area contributed by atoms with Crippen LogP contribution < -0.4 is 4.90 Å². The number of ether oxygens (including phenoxy) is 1. The van der Waals surface area contributed by atoms with Gasteiger partial charge in [-0.05, 0) is 37.6 Å². The lowest BCUT2D eigenvalue weighted by Crippen LogP contribution is -2.13. The molecule has 7 nitrogen and oxygen atoms in total.